The second kappa shape index (κ2) is 9.54. The Balaban J connectivity index is 1.58. The third kappa shape index (κ3) is 5.28. The minimum absolute atomic E-state index is 0.0664. The third-order valence-corrected chi connectivity index (χ3v) is 6.79. The van der Waals surface area contributed by atoms with Crippen LogP contribution in [-0.4, -0.2) is 34.6 Å². The number of rotatable bonds is 8. The van der Waals surface area contributed by atoms with E-state index in [4.69, 9.17) is 0 Å². The monoisotopic (exact) mass is 462 g/mol. The van der Waals surface area contributed by atoms with Crippen molar-refractivity contribution in [2.45, 2.75) is 33.2 Å². The molecule has 0 saturated heterocycles. The molecule has 170 valence electrons. The number of aryl methyl sites for hydroxylation is 1. The zero-order chi connectivity index (χ0) is 23.4. The van der Waals surface area contributed by atoms with E-state index in [0.29, 0.717) is 13.0 Å². The first-order valence-electron chi connectivity index (χ1n) is 10.9. The van der Waals surface area contributed by atoms with Gasteiger partial charge in [-0.05, 0) is 49.2 Å². The van der Waals surface area contributed by atoms with E-state index in [1.807, 2.05) is 60.9 Å². The molecule has 2 heterocycles. The molecular weight excluding hydrogens is 436 g/mol. The van der Waals surface area contributed by atoms with Gasteiger partial charge in [-0.3, -0.25) is 9.78 Å². The second-order valence-electron chi connectivity index (χ2n) is 7.96. The summed E-state index contributed by atoms with van der Waals surface area (Å²) < 4.78 is 28.4. The Morgan fingerprint density at radius 1 is 1.06 bits per heavy atom. The van der Waals surface area contributed by atoms with E-state index in [9.17, 15) is 13.2 Å². The smallest absolute Gasteiger partial charge is 0.264 e. The van der Waals surface area contributed by atoms with Crippen LogP contribution in [0.5, 0.6) is 0 Å². The Morgan fingerprint density at radius 2 is 1.85 bits per heavy atom. The first-order valence-corrected chi connectivity index (χ1v) is 12.5. The SMILES string of the molecule is CCCCS(=O)(=O)NC(=O)c1ccc2nc(C)n(Cc3ccc(-c4ccccn4)cc3)c2c1. The summed E-state index contributed by atoms with van der Waals surface area (Å²) in [6.45, 7) is 4.39. The fraction of sp³-hybridized carbons (Fsp3) is 0.240. The summed E-state index contributed by atoms with van der Waals surface area (Å²) in [5, 5.41) is 0. The zero-order valence-corrected chi connectivity index (χ0v) is 19.5. The third-order valence-electron chi connectivity index (χ3n) is 5.47. The molecule has 0 fully saturated rings. The molecule has 0 spiro atoms. The molecule has 0 aliphatic carbocycles. The molecule has 2 aromatic carbocycles. The van der Waals surface area contributed by atoms with Crippen molar-refractivity contribution in [2.75, 3.05) is 5.75 Å². The lowest BCUT2D eigenvalue weighted by Crippen LogP contribution is -2.32. The largest absolute Gasteiger partial charge is 0.324 e. The Bertz CT molecular complexity index is 1380. The molecule has 0 unspecified atom stereocenters. The number of sulfonamides is 1. The Hall–Kier alpha value is -3.52. The van der Waals surface area contributed by atoms with E-state index in [1.165, 1.54) is 0 Å². The van der Waals surface area contributed by atoms with E-state index >= 15 is 0 Å². The van der Waals surface area contributed by atoms with Crippen LogP contribution in [0.4, 0.5) is 0 Å². The normalized spacial score (nSPS) is 11.6. The van der Waals surface area contributed by atoms with Gasteiger partial charge in [-0.2, -0.15) is 0 Å². The summed E-state index contributed by atoms with van der Waals surface area (Å²) in [5.41, 5.74) is 4.85. The highest BCUT2D eigenvalue weighted by atomic mass is 32.2. The Labute approximate surface area is 193 Å². The first-order chi connectivity index (χ1) is 15.9. The summed E-state index contributed by atoms with van der Waals surface area (Å²) in [4.78, 5) is 21.6. The molecule has 4 aromatic rings. The summed E-state index contributed by atoms with van der Waals surface area (Å²) in [5.74, 6) is 0.119. The molecule has 7 nitrogen and oxygen atoms in total. The van der Waals surface area contributed by atoms with Crippen LogP contribution in [0.25, 0.3) is 22.3 Å². The highest BCUT2D eigenvalue weighted by Gasteiger charge is 2.17. The van der Waals surface area contributed by atoms with Gasteiger partial charge >= 0.3 is 0 Å². The first kappa shape index (κ1) is 22.7. The highest BCUT2D eigenvalue weighted by Crippen LogP contribution is 2.22. The number of nitrogens with zero attached hydrogens (tertiary/aromatic N) is 3. The van der Waals surface area contributed by atoms with Crippen molar-refractivity contribution in [3.05, 3.63) is 83.8 Å². The van der Waals surface area contributed by atoms with Gasteiger partial charge in [0.2, 0.25) is 10.0 Å². The van der Waals surface area contributed by atoms with Crippen molar-refractivity contribution in [3.8, 4) is 11.3 Å². The lowest BCUT2D eigenvalue weighted by molar-refractivity contribution is 0.0981. The van der Waals surface area contributed by atoms with Crippen LogP contribution in [0, 0.1) is 6.92 Å². The Kier molecular flexibility index (Phi) is 6.55. The fourth-order valence-electron chi connectivity index (χ4n) is 3.67. The molecule has 2 aromatic heterocycles. The van der Waals surface area contributed by atoms with E-state index in [0.717, 1.165) is 40.1 Å². The number of hydrogen-bond acceptors (Lipinski definition) is 5. The van der Waals surface area contributed by atoms with E-state index in [-0.39, 0.29) is 11.3 Å². The number of hydrogen-bond donors (Lipinski definition) is 1. The van der Waals surface area contributed by atoms with Crippen LogP contribution in [0.2, 0.25) is 0 Å². The summed E-state index contributed by atoms with van der Waals surface area (Å²) in [6, 6.07) is 19.0. The van der Waals surface area contributed by atoms with Gasteiger partial charge in [0.15, 0.2) is 0 Å². The molecular formula is C25H26N4O3S. The molecule has 0 radical (unpaired) electrons. The van der Waals surface area contributed by atoms with Crippen LogP contribution in [-0.2, 0) is 16.6 Å². The standard InChI is InChI=1S/C25H26N4O3S/c1-3-4-15-33(31,32)28-25(30)21-12-13-23-24(16-21)29(18(2)27-23)17-19-8-10-20(11-9-19)22-7-5-6-14-26-22/h5-14,16H,3-4,15,17H2,1-2H3,(H,28,30). The van der Waals surface area contributed by atoms with Crippen molar-refractivity contribution >= 4 is 27.0 Å². The maximum atomic E-state index is 12.6. The number of carbonyl (C=O) groups is 1. The molecule has 0 aliphatic heterocycles. The topological polar surface area (TPSA) is 94.0 Å². The number of carbonyl (C=O) groups excluding carboxylic acids is 1. The number of nitrogens with one attached hydrogen (secondary N) is 1. The van der Waals surface area contributed by atoms with Gasteiger partial charge < -0.3 is 4.57 Å². The predicted octanol–water partition coefficient (Wildman–Crippen LogP) is 4.31. The van der Waals surface area contributed by atoms with E-state index in [1.54, 1.807) is 24.4 Å². The number of pyridine rings is 1. The number of unbranched alkanes of at least 4 members (excludes halogenated alkanes) is 1. The van der Waals surface area contributed by atoms with Crippen molar-refractivity contribution in [2.24, 2.45) is 0 Å². The highest BCUT2D eigenvalue weighted by molar-refractivity contribution is 7.90. The van der Waals surface area contributed by atoms with Crippen molar-refractivity contribution in [1.82, 2.24) is 19.3 Å². The molecule has 0 aliphatic rings. The number of imidazole rings is 1. The molecule has 0 bridgehead atoms. The molecule has 0 saturated carbocycles. The summed E-state index contributed by atoms with van der Waals surface area (Å²) in [7, 11) is -3.65. The fourth-order valence-corrected chi connectivity index (χ4v) is 4.84. The molecule has 1 N–H and O–H groups in total. The van der Waals surface area contributed by atoms with Gasteiger partial charge in [-0.15, -0.1) is 0 Å². The molecule has 8 heteroatoms. The zero-order valence-electron chi connectivity index (χ0n) is 18.7. The minimum Gasteiger partial charge on any atom is -0.324 e. The summed E-state index contributed by atoms with van der Waals surface area (Å²) >= 11 is 0. The second-order valence-corrected chi connectivity index (χ2v) is 9.81. The van der Waals surface area contributed by atoms with Gasteiger partial charge in [-0.1, -0.05) is 43.7 Å². The van der Waals surface area contributed by atoms with E-state index < -0.39 is 15.9 Å². The average Bonchev–Trinajstić information content (AvgIpc) is 3.12. The number of benzene rings is 2. The van der Waals surface area contributed by atoms with Crippen molar-refractivity contribution < 1.29 is 13.2 Å². The van der Waals surface area contributed by atoms with Crippen LogP contribution in [0.1, 0.15) is 41.5 Å². The van der Waals surface area contributed by atoms with Gasteiger partial charge in [-0.25, -0.2) is 18.1 Å². The Morgan fingerprint density at radius 3 is 2.55 bits per heavy atom. The van der Waals surface area contributed by atoms with Gasteiger partial charge in [0.1, 0.15) is 5.82 Å². The van der Waals surface area contributed by atoms with Crippen LogP contribution in [0.3, 0.4) is 0 Å². The maximum absolute atomic E-state index is 12.6. The molecule has 33 heavy (non-hydrogen) atoms. The number of amides is 1. The van der Waals surface area contributed by atoms with Crippen molar-refractivity contribution in [3.63, 3.8) is 0 Å². The number of aromatic nitrogens is 3. The van der Waals surface area contributed by atoms with Crippen LogP contribution >= 0.6 is 0 Å². The van der Waals surface area contributed by atoms with Crippen molar-refractivity contribution in [1.29, 1.82) is 0 Å². The van der Waals surface area contributed by atoms with Crippen LogP contribution < -0.4 is 4.72 Å². The minimum atomic E-state index is -3.65. The molecule has 0 atom stereocenters. The molecule has 4 rings (SSSR count). The lowest BCUT2D eigenvalue weighted by Gasteiger charge is -2.10. The predicted molar refractivity (Wildman–Crippen MR) is 129 cm³/mol. The van der Waals surface area contributed by atoms with Gasteiger partial charge in [0.25, 0.3) is 5.91 Å². The van der Waals surface area contributed by atoms with Crippen LogP contribution in [0.15, 0.2) is 66.9 Å². The van der Waals surface area contributed by atoms with Gasteiger partial charge in [0, 0.05) is 23.9 Å². The maximum Gasteiger partial charge on any atom is 0.264 e. The lowest BCUT2D eigenvalue weighted by atomic mass is 10.1. The number of fused-ring (bicyclic) bond motifs is 1. The molecule has 1 amide bonds. The summed E-state index contributed by atoms with van der Waals surface area (Å²) in [6.07, 6.45) is 3.02. The van der Waals surface area contributed by atoms with E-state index in [2.05, 4.69) is 14.7 Å². The van der Waals surface area contributed by atoms with Gasteiger partial charge in [0.05, 0.1) is 22.5 Å². The quantitative estimate of drug-likeness (QED) is 0.421. The average molecular weight is 463 g/mol.